The van der Waals surface area contributed by atoms with Gasteiger partial charge in [0.15, 0.2) is 0 Å². The molecule has 0 aliphatic heterocycles. The van der Waals surface area contributed by atoms with Gasteiger partial charge < -0.3 is 0 Å². The van der Waals surface area contributed by atoms with Crippen molar-refractivity contribution in [3.8, 4) is 0 Å². The molecule has 0 N–H and O–H groups in total. The van der Waals surface area contributed by atoms with E-state index >= 15 is 0 Å². The molecule has 0 aromatic heterocycles. The third-order valence-corrected chi connectivity index (χ3v) is 9.49. The number of hydrogen-bond donors (Lipinski definition) is 0. The zero-order chi connectivity index (χ0) is 37.9. The van der Waals surface area contributed by atoms with Crippen LogP contribution in [0, 0.1) is 41.4 Å². The van der Waals surface area contributed by atoms with Gasteiger partial charge in [0.1, 0.15) is 0 Å². The lowest BCUT2D eigenvalue weighted by atomic mass is 9.70. The molecule has 0 nitrogen and oxygen atoms in total. The highest BCUT2D eigenvalue weighted by atomic mass is 14.3. The second-order valence-corrected chi connectivity index (χ2v) is 14.1. The molecule has 0 aliphatic carbocycles. The van der Waals surface area contributed by atoms with E-state index in [-0.39, 0.29) is 0 Å². The Kier molecular flexibility index (Phi) is 26.1. The van der Waals surface area contributed by atoms with Gasteiger partial charge >= 0.3 is 0 Å². The summed E-state index contributed by atoms with van der Waals surface area (Å²) in [4.78, 5) is 0. The largest absolute Gasteiger partial charge is 0.0991 e. The molecule has 0 rings (SSSR count). The smallest absolute Gasteiger partial charge is 0.0136 e. The molecule has 0 amide bonds. The number of hydrogen-bond acceptors (Lipinski definition) is 0. The van der Waals surface area contributed by atoms with E-state index in [1.54, 1.807) is 0 Å². The SMILES string of the molecule is C=C/C=C(\C=C/C)C(CC(C)C)CC(CC(CC(CC(C(/C=C\C)=C/C)C(C)C)C(/C=C\C)=C/C=C)C(/C=C\C)=C/C=C)C(/C=C\C)=C/C=C. The Morgan fingerprint density at radius 3 is 0.920 bits per heavy atom. The quantitative estimate of drug-likeness (QED) is 0.0846. The number of rotatable bonds is 25. The maximum atomic E-state index is 4.16. The molecule has 0 heterocycles. The molecule has 0 aromatic rings. The Labute approximate surface area is 311 Å². The van der Waals surface area contributed by atoms with Crippen LogP contribution in [0.3, 0.4) is 0 Å². The minimum Gasteiger partial charge on any atom is -0.0991 e. The molecule has 0 saturated heterocycles. The maximum Gasteiger partial charge on any atom is -0.0136 e. The van der Waals surface area contributed by atoms with Crippen molar-refractivity contribution in [2.45, 2.75) is 101 Å². The molecular weight excluding hydrogens is 601 g/mol. The lowest BCUT2D eigenvalue weighted by Gasteiger charge is -2.34. The van der Waals surface area contributed by atoms with Crippen LogP contribution >= 0.6 is 0 Å². The Hall–Kier alpha value is -3.64. The Morgan fingerprint density at radius 2 is 0.680 bits per heavy atom. The third kappa shape index (κ3) is 17.3. The molecule has 50 heavy (non-hydrogen) atoms. The van der Waals surface area contributed by atoms with Gasteiger partial charge in [0, 0.05) is 0 Å². The highest BCUT2D eigenvalue weighted by Crippen LogP contribution is 2.42. The molecule has 0 radical (unpaired) electrons. The summed E-state index contributed by atoms with van der Waals surface area (Å²) in [6, 6.07) is 0. The molecule has 0 heteroatoms. The normalized spacial score (nSPS) is 17.5. The predicted molar refractivity (Wildman–Crippen MR) is 231 cm³/mol. The lowest BCUT2D eigenvalue weighted by Crippen LogP contribution is -2.23. The molecule has 0 saturated carbocycles. The van der Waals surface area contributed by atoms with Crippen LogP contribution in [0.4, 0.5) is 0 Å². The molecule has 0 fully saturated rings. The van der Waals surface area contributed by atoms with Crippen LogP contribution in [0.2, 0.25) is 0 Å². The van der Waals surface area contributed by atoms with Gasteiger partial charge in [-0.25, -0.2) is 0 Å². The summed E-state index contributed by atoms with van der Waals surface area (Å²) >= 11 is 0. The first-order valence-electron chi connectivity index (χ1n) is 19.2. The summed E-state index contributed by atoms with van der Waals surface area (Å²) in [7, 11) is 0. The van der Waals surface area contributed by atoms with Gasteiger partial charge in [-0.05, 0) is 143 Å². The highest BCUT2D eigenvalue weighted by molar-refractivity contribution is 5.33. The minimum atomic E-state index is 0.299. The Morgan fingerprint density at radius 1 is 0.400 bits per heavy atom. The topological polar surface area (TPSA) is 0 Å². The van der Waals surface area contributed by atoms with E-state index in [0.29, 0.717) is 41.4 Å². The van der Waals surface area contributed by atoms with Crippen LogP contribution in [-0.2, 0) is 0 Å². The van der Waals surface area contributed by atoms with Crippen molar-refractivity contribution >= 4 is 0 Å². The second kappa shape index (κ2) is 28.1. The van der Waals surface area contributed by atoms with Crippen molar-refractivity contribution in [2.75, 3.05) is 0 Å². The zero-order valence-electron chi connectivity index (χ0n) is 33.9. The van der Waals surface area contributed by atoms with Gasteiger partial charge in [-0.15, -0.1) is 0 Å². The summed E-state index contributed by atoms with van der Waals surface area (Å²) in [6.07, 6.45) is 46.8. The van der Waals surface area contributed by atoms with Crippen molar-refractivity contribution in [3.63, 3.8) is 0 Å². The molecule has 0 aliphatic rings. The van der Waals surface area contributed by atoms with E-state index < -0.39 is 0 Å². The minimum absolute atomic E-state index is 0.299. The predicted octanol–water partition coefficient (Wildman–Crippen LogP) is 15.6. The molecule has 5 unspecified atom stereocenters. The highest BCUT2D eigenvalue weighted by Gasteiger charge is 2.30. The van der Waals surface area contributed by atoms with E-state index in [4.69, 9.17) is 0 Å². The maximum absolute atomic E-state index is 4.16. The molecular formula is C50H74. The van der Waals surface area contributed by atoms with Crippen LogP contribution in [0.1, 0.15) is 101 Å². The fourth-order valence-corrected chi connectivity index (χ4v) is 7.42. The van der Waals surface area contributed by atoms with Crippen molar-refractivity contribution < 1.29 is 0 Å². The van der Waals surface area contributed by atoms with Crippen LogP contribution in [0.25, 0.3) is 0 Å². The lowest BCUT2D eigenvalue weighted by molar-refractivity contribution is 0.299. The fourth-order valence-electron chi connectivity index (χ4n) is 7.42. The van der Waals surface area contributed by atoms with Gasteiger partial charge in [-0.2, -0.15) is 0 Å². The molecule has 0 aromatic carbocycles. The Bertz CT molecular complexity index is 1320. The van der Waals surface area contributed by atoms with Gasteiger partial charge in [0.05, 0.1) is 0 Å². The summed E-state index contributed by atoms with van der Waals surface area (Å²) in [5.74, 6) is 2.88. The van der Waals surface area contributed by atoms with E-state index in [1.165, 1.54) is 27.9 Å². The monoisotopic (exact) mass is 675 g/mol. The summed E-state index contributed by atoms with van der Waals surface area (Å²) < 4.78 is 0. The summed E-state index contributed by atoms with van der Waals surface area (Å²) in [6.45, 7) is 38.7. The van der Waals surface area contributed by atoms with Crippen molar-refractivity contribution in [2.24, 2.45) is 41.4 Å². The van der Waals surface area contributed by atoms with Gasteiger partial charge in [-0.1, -0.05) is 169 Å². The first-order chi connectivity index (χ1) is 24.0. The van der Waals surface area contributed by atoms with E-state index in [2.05, 4.69) is 187 Å². The second-order valence-electron chi connectivity index (χ2n) is 14.1. The van der Waals surface area contributed by atoms with Crippen LogP contribution in [0.15, 0.2) is 170 Å². The van der Waals surface area contributed by atoms with E-state index in [0.717, 1.165) is 32.1 Å². The fraction of sp³-hybridized carbons (Fsp3) is 0.440. The molecule has 274 valence electrons. The molecule has 5 atom stereocenters. The van der Waals surface area contributed by atoms with Gasteiger partial charge in [-0.3, -0.25) is 0 Å². The van der Waals surface area contributed by atoms with Crippen LogP contribution < -0.4 is 0 Å². The average molecular weight is 675 g/mol. The van der Waals surface area contributed by atoms with Crippen LogP contribution in [0.5, 0.6) is 0 Å². The molecule has 0 spiro atoms. The van der Waals surface area contributed by atoms with Gasteiger partial charge in [0.25, 0.3) is 0 Å². The average Bonchev–Trinajstić information content (AvgIpc) is 3.07. The standard InChI is InChI=1S/C50H74/c1-15-25-41(24-10)50(40(13)14)38-49(45(32-22-8)33-23-9)37-48(44(30-20-6)31-21-7)36-47(43(28-18-4)29-19-5)35-46(34-39(11)12)42(26-16-2)27-17-3/h15-33,39-40,46-50H,2,4,6,8,34-38H2,1,3,5,7,9-14H3/b25-15-,27-17-,29-19-,31-21-,33-23-,41-24+,42-26+,43-28+,44-30+,45-32+. The summed E-state index contributed by atoms with van der Waals surface area (Å²) in [5.41, 5.74) is 6.81. The van der Waals surface area contributed by atoms with E-state index in [9.17, 15) is 0 Å². The third-order valence-electron chi connectivity index (χ3n) is 9.49. The number of allylic oxidation sites excluding steroid dienone is 24. The van der Waals surface area contributed by atoms with E-state index in [1.807, 2.05) is 24.3 Å². The van der Waals surface area contributed by atoms with Crippen molar-refractivity contribution in [1.82, 2.24) is 0 Å². The van der Waals surface area contributed by atoms with Crippen molar-refractivity contribution in [3.05, 3.63) is 170 Å². The van der Waals surface area contributed by atoms with Crippen LogP contribution in [-0.4, -0.2) is 0 Å². The summed E-state index contributed by atoms with van der Waals surface area (Å²) in [5, 5.41) is 0. The van der Waals surface area contributed by atoms with Crippen molar-refractivity contribution in [1.29, 1.82) is 0 Å². The first-order valence-corrected chi connectivity index (χ1v) is 19.2. The Balaban J connectivity index is 7.74. The first kappa shape index (κ1) is 46.4. The van der Waals surface area contributed by atoms with Gasteiger partial charge in [0.2, 0.25) is 0 Å². The molecule has 0 bridgehead atoms. The zero-order valence-corrected chi connectivity index (χ0v) is 33.9.